The number of phenols is 2. The quantitative estimate of drug-likeness (QED) is 0.169. The number of aromatic hydroxyl groups is 2. The maximum Gasteiger partial charge on any atom is 0.330 e. The van der Waals surface area contributed by atoms with Crippen molar-refractivity contribution in [3.8, 4) is 11.5 Å². The molecule has 2 N–H and O–H groups in total. The van der Waals surface area contributed by atoms with Gasteiger partial charge in [0.25, 0.3) is 0 Å². The molecule has 2 aromatic carbocycles. The number of ether oxygens (including phenoxy) is 2. The standard InChI is InChI=1S/C34H46O6/c1-23-19-25(21-27(31(23)37)33(3,4)5)13-15-29(35)39-17-11-9-10-12-18-40-30(36)16-14-26-20-24(2)32(38)28(22-26)34(6,7)8/h13-16,19-22,37-38H,9-12,17-18H2,1-8H3. The maximum absolute atomic E-state index is 12.1. The van der Waals surface area contributed by atoms with E-state index in [2.05, 4.69) is 0 Å². The van der Waals surface area contributed by atoms with Gasteiger partial charge in [0, 0.05) is 23.3 Å². The van der Waals surface area contributed by atoms with Crippen molar-refractivity contribution < 1.29 is 29.3 Å². The largest absolute Gasteiger partial charge is 0.507 e. The Hall–Kier alpha value is -3.54. The Morgan fingerprint density at radius 2 is 1.00 bits per heavy atom. The first-order chi connectivity index (χ1) is 18.6. The monoisotopic (exact) mass is 550 g/mol. The molecule has 0 atom stereocenters. The summed E-state index contributed by atoms with van der Waals surface area (Å²) < 4.78 is 10.6. The van der Waals surface area contributed by atoms with Crippen molar-refractivity contribution in [3.63, 3.8) is 0 Å². The Kier molecular flexibility index (Phi) is 11.6. The fraction of sp³-hybridized carbons (Fsp3) is 0.471. The topological polar surface area (TPSA) is 93.1 Å². The van der Waals surface area contributed by atoms with Gasteiger partial charge in [-0.15, -0.1) is 0 Å². The lowest BCUT2D eigenvalue weighted by atomic mass is 9.84. The van der Waals surface area contributed by atoms with E-state index in [0.717, 1.165) is 59.1 Å². The second-order valence-corrected chi connectivity index (χ2v) is 12.4. The van der Waals surface area contributed by atoms with Crippen LogP contribution < -0.4 is 0 Å². The molecular formula is C34H46O6. The lowest BCUT2D eigenvalue weighted by Gasteiger charge is -2.22. The lowest BCUT2D eigenvalue weighted by Crippen LogP contribution is -2.12. The van der Waals surface area contributed by atoms with E-state index >= 15 is 0 Å². The number of hydrogen-bond acceptors (Lipinski definition) is 6. The van der Waals surface area contributed by atoms with E-state index in [1.54, 1.807) is 12.2 Å². The van der Waals surface area contributed by atoms with Crippen molar-refractivity contribution in [2.45, 2.75) is 91.9 Å². The third-order valence-corrected chi connectivity index (χ3v) is 6.61. The summed E-state index contributed by atoms with van der Waals surface area (Å²) in [5, 5.41) is 20.7. The molecule has 218 valence electrons. The normalized spacial score (nSPS) is 12.3. The summed E-state index contributed by atoms with van der Waals surface area (Å²) in [6, 6.07) is 7.47. The van der Waals surface area contributed by atoms with E-state index in [1.807, 2.05) is 79.7 Å². The van der Waals surface area contributed by atoms with E-state index in [-0.39, 0.29) is 22.3 Å². The minimum absolute atomic E-state index is 0.211. The number of unbranched alkanes of at least 4 members (excludes halogenated alkanes) is 3. The minimum atomic E-state index is -0.401. The van der Waals surface area contributed by atoms with E-state index < -0.39 is 11.9 Å². The average molecular weight is 551 g/mol. The van der Waals surface area contributed by atoms with E-state index in [4.69, 9.17) is 9.47 Å². The van der Waals surface area contributed by atoms with Crippen LogP contribution in [-0.2, 0) is 29.9 Å². The highest BCUT2D eigenvalue weighted by molar-refractivity contribution is 5.87. The Bertz CT molecular complexity index is 1140. The van der Waals surface area contributed by atoms with Gasteiger partial charge in [-0.2, -0.15) is 0 Å². The molecule has 6 nitrogen and oxygen atoms in total. The molecule has 0 aromatic heterocycles. The molecule has 40 heavy (non-hydrogen) atoms. The van der Waals surface area contributed by atoms with Crippen LogP contribution in [0.15, 0.2) is 36.4 Å². The zero-order valence-electron chi connectivity index (χ0n) is 25.4. The Labute approximate surface area is 239 Å². The van der Waals surface area contributed by atoms with Crippen molar-refractivity contribution >= 4 is 24.1 Å². The smallest absolute Gasteiger partial charge is 0.330 e. The molecule has 2 aromatic rings. The SMILES string of the molecule is Cc1cc(C=CC(=O)OCCCCCCOC(=O)C=Cc2cc(C)c(O)c(C(C)(C)C)c2)cc(C(C)(C)C)c1O. The summed E-state index contributed by atoms with van der Waals surface area (Å²) in [5.41, 5.74) is 4.47. The number of aryl methyl sites for hydroxylation is 2. The summed E-state index contributed by atoms with van der Waals surface area (Å²) in [7, 11) is 0. The summed E-state index contributed by atoms with van der Waals surface area (Å²) in [4.78, 5) is 24.2. The van der Waals surface area contributed by atoms with E-state index in [0.29, 0.717) is 13.2 Å². The molecule has 0 bridgehead atoms. The van der Waals surface area contributed by atoms with E-state index in [9.17, 15) is 19.8 Å². The van der Waals surface area contributed by atoms with E-state index in [1.165, 1.54) is 12.2 Å². The van der Waals surface area contributed by atoms with Gasteiger partial charge < -0.3 is 19.7 Å². The van der Waals surface area contributed by atoms with Crippen LogP contribution in [0.5, 0.6) is 11.5 Å². The highest BCUT2D eigenvalue weighted by atomic mass is 16.5. The summed E-state index contributed by atoms with van der Waals surface area (Å²) >= 11 is 0. The Morgan fingerprint density at radius 1 is 0.650 bits per heavy atom. The molecular weight excluding hydrogens is 504 g/mol. The van der Waals surface area contributed by atoms with Crippen LogP contribution in [0.1, 0.15) is 101 Å². The van der Waals surface area contributed by atoms with Gasteiger partial charge in [0.05, 0.1) is 13.2 Å². The molecule has 0 aliphatic heterocycles. The van der Waals surface area contributed by atoms with Crippen molar-refractivity contribution in [1.82, 2.24) is 0 Å². The second kappa shape index (κ2) is 14.2. The molecule has 0 amide bonds. The van der Waals surface area contributed by atoms with Gasteiger partial charge >= 0.3 is 11.9 Å². The number of esters is 2. The van der Waals surface area contributed by atoms with Crippen LogP contribution in [0.25, 0.3) is 12.2 Å². The molecule has 0 heterocycles. The molecule has 0 aliphatic carbocycles. The van der Waals surface area contributed by atoms with Gasteiger partial charge in [-0.3, -0.25) is 0 Å². The van der Waals surface area contributed by atoms with Crippen molar-refractivity contribution in [3.05, 3.63) is 69.8 Å². The molecule has 0 unspecified atom stereocenters. The highest BCUT2D eigenvalue weighted by Crippen LogP contribution is 2.35. The first kappa shape index (κ1) is 32.7. The van der Waals surface area contributed by atoms with Crippen LogP contribution in [0.3, 0.4) is 0 Å². The summed E-state index contributed by atoms with van der Waals surface area (Å²) in [5.74, 6) is -0.223. The fourth-order valence-electron chi connectivity index (χ4n) is 4.28. The number of rotatable bonds is 11. The number of carbonyl (C=O) groups excluding carboxylic acids is 2. The van der Waals surface area contributed by atoms with Gasteiger partial charge in [-0.05, 0) is 109 Å². The van der Waals surface area contributed by atoms with Gasteiger partial charge in [-0.25, -0.2) is 9.59 Å². The Balaban J connectivity index is 1.67. The van der Waals surface area contributed by atoms with Crippen molar-refractivity contribution in [2.75, 3.05) is 13.2 Å². The number of benzene rings is 2. The van der Waals surface area contributed by atoms with Crippen LogP contribution in [-0.4, -0.2) is 35.4 Å². The fourth-order valence-corrected chi connectivity index (χ4v) is 4.28. The zero-order valence-corrected chi connectivity index (χ0v) is 25.4. The van der Waals surface area contributed by atoms with Gasteiger partial charge in [0.1, 0.15) is 11.5 Å². The van der Waals surface area contributed by atoms with Crippen molar-refractivity contribution in [2.24, 2.45) is 0 Å². The van der Waals surface area contributed by atoms with Gasteiger partial charge in [-0.1, -0.05) is 41.5 Å². The molecule has 0 spiro atoms. The number of phenolic OH excluding ortho intramolecular Hbond substituents is 2. The van der Waals surface area contributed by atoms with Gasteiger partial charge in [0.15, 0.2) is 0 Å². The van der Waals surface area contributed by atoms with Gasteiger partial charge in [0.2, 0.25) is 0 Å². The predicted molar refractivity (Wildman–Crippen MR) is 162 cm³/mol. The first-order valence-electron chi connectivity index (χ1n) is 14.0. The average Bonchev–Trinajstić information content (AvgIpc) is 2.85. The third-order valence-electron chi connectivity index (χ3n) is 6.61. The number of carbonyl (C=O) groups is 2. The first-order valence-corrected chi connectivity index (χ1v) is 14.0. The molecule has 0 saturated carbocycles. The molecule has 0 aliphatic rings. The summed E-state index contributed by atoms with van der Waals surface area (Å²) in [6.45, 7) is 16.6. The van der Waals surface area contributed by atoms with Crippen LogP contribution in [0.2, 0.25) is 0 Å². The van der Waals surface area contributed by atoms with Crippen LogP contribution >= 0.6 is 0 Å². The lowest BCUT2D eigenvalue weighted by molar-refractivity contribution is -0.139. The number of hydrogen-bond donors (Lipinski definition) is 2. The predicted octanol–water partition coefficient (Wildman–Crippen LogP) is 7.68. The summed E-state index contributed by atoms with van der Waals surface area (Å²) in [6.07, 6.45) is 9.42. The molecule has 0 saturated heterocycles. The zero-order chi connectivity index (χ0) is 30.1. The van der Waals surface area contributed by atoms with Crippen LogP contribution in [0, 0.1) is 13.8 Å². The highest BCUT2D eigenvalue weighted by Gasteiger charge is 2.20. The molecule has 0 radical (unpaired) electrons. The molecule has 6 heteroatoms. The maximum atomic E-state index is 12.1. The van der Waals surface area contributed by atoms with Crippen molar-refractivity contribution in [1.29, 1.82) is 0 Å². The Morgan fingerprint density at radius 3 is 1.32 bits per heavy atom. The molecule has 2 rings (SSSR count). The van der Waals surface area contributed by atoms with Crippen LogP contribution in [0.4, 0.5) is 0 Å². The minimum Gasteiger partial charge on any atom is -0.507 e. The third kappa shape index (κ3) is 10.2. The molecule has 0 fully saturated rings. The second-order valence-electron chi connectivity index (χ2n) is 12.4.